The summed E-state index contributed by atoms with van der Waals surface area (Å²) in [6, 6.07) is 1.51. The minimum atomic E-state index is -0.563. The first kappa shape index (κ1) is 14.2. The molecular formula is C12H20N4O2. The summed E-state index contributed by atoms with van der Waals surface area (Å²) < 4.78 is 5.54. The van der Waals surface area contributed by atoms with E-state index in [0.29, 0.717) is 24.7 Å². The van der Waals surface area contributed by atoms with Gasteiger partial charge in [0.05, 0.1) is 23.0 Å². The summed E-state index contributed by atoms with van der Waals surface area (Å²) in [5, 5.41) is 3.05. The number of anilines is 2. The molecule has 0 spiro atoms. The van der Waals surface area contributed by atoms with Crippen LogP contribution >= 0.6 is 0 Å². The second-order valence-electron chi connectivity index (χ2n) is 4.58. The molecule has 0 aliphatic carbocycles. The van der Waals surface area contributed by atoms with Gasteiger partial charge in [-0.2, -0.15) is 0 Å². The Hall–Kier alpha value is -1.82. The number of amides is 1. The van der Waals surface area contributed by atoms with Crippen molar-refractivity contribution in [1.29, 1.82) is 0 Å². The van der Waals surface area contributed by atoms with E-state index in [4.69, 9.17) is 16.2 Å². The zero-order chi connectivity index (χ0) is 13.8. The van der Waals surface area contributed by atoms with Crippen molar-refractivity contribution in [2.45, 2.75) is 26.4 Å². The molecular weight excluding hydrogens is 232 g/mol. The number of hydrogen-bond donors (Lipinski definition) is 3. The zero-order valence-electron chi connectivity index (χ0n) is 11.0. The van der Waals surface area contributed by atoms with Crippen molar-refractivity contribution in [2.75, 3.05) is 24.2 Å². The molecule has 0 saturated carbocycles. The van der Waals surface area contributed by atoms with Gasteiger partial charge in [0.15, 0.2) is 0 Å². The molecule has 6 heteroatoms. The van der Waals surface area contributed by atoms with Gasteiger partial charge in [-0.05, 0) is 26.8 Å². The molecule has 1 amide bonds. The third-order valence-electron chi connectivity index (χ3n) is 2.39. The van der Waals surface area contributed by atoms with Crippen LogP contribution in [0, 0.1) is 0 Å². The van der Waals surface area contributed by atoms with Gasteiger partial charge in [-0.1, -0.05) is 0 Å². The number of hydrogen-bond acceptors (Lipinski definition) is 5. The lowest BCUT2D eigenvalue weighted by molar-refractivity contribution is 0.000623. The Balaban J connectivity index is 2.82. The first-order valence-electron chi connectivity index (χ1n) is 5.79. The van der Waals surface area contributed by atoms with Crippen molar-refractivity contribution in [2.24, 2.45) is 5.73 Å². The van der Waals surface area contributed by atoms with Gasteiger partial charge in [-0.25, -0.2) is 4.98 Å². The second-order valence-corrected chi connectivity index (χ2v) is 4.58. The molecule has 6 nitrogen and oxygen atoms in total. The number of nitrogens with two attached hydrogens (primary N) is 2. The van der Waals surface area contributed by atoms with Gasteiger partial charge in [0.25, 0.3) is 5.91 Å². The molecule has 0 saturated heterocycles. The molecule has 0 aliphatic heterocycles. The molecule has 0 unspecified atom stereocenters. The lowest BCUT2D eigenvalue weighted by Crippen LogP contribution is -2.34. The van der Waals surface area contributed by atoms with Crippen LogP contribution in [0.15, 0.2) is 12.3 Å². The highest BCUT2D eigenvalue weighted by Crippen LogP contribution is 2.17. The summed E-state index contributed by atoms with van der Waals surface area (Å²) in [4.78, 5) is 15.3. The molecule has 0 aromatic carbocycles. The van der Waals surface area contributed by atoms with Gasteiger partial charge in [-0.15, -0.1) is 0 Å². The molecule has 0 atom stereocenters. The monoisotopic (exact) mass is 252 g/mol. The third-order valence-corrected chi connectivity index (χ3v) is 2.39. The van der Waals surface area contributed by atoms with Crippen LogP contribution < -0.4 is 16.8 Å². The summed E-state index contributed by atoms with van der Waals surface area (Å²) in [6.45, 7) is 6.96. The van der Waals surface area contributed by atoms with Crippen molar-refractivity contribution in [3.05, 3.63) is 17.8 Å². The Morgan fingerprint density at radius 3 is 2.78 bits per heavy atom. The average Bonchev–Trinajstić information content (AvgIpc) is 2.27. The van der Waals surface area contributed by atoms with Gasteiger partial charge in [0, 0.05) is 13.2 Å². The molecule has 0 aliphatic rings. The molecule has 100 valence electrons. The highest BCUT2D eigenvalue weighted by molar-refractivity contribution is 5.98. The summed E-state index contributed by atoms with van der Waals surface area (Å²) in [6.07, 6.45) is 1.47. The van der Waals surface area contributed by atoms with Crippen LogP contribution in [0.25, 0.3) is 0 Å². The van der Waals surface area contributed by atoms with E-state index in [1.807, 2.05) is 20.8 Å². The Labute approximate surface area is 107 Å². The summed E-state index contributed by atoms with van der Waals surface area (Å²) in [7, 11) is 0. The van der Waals surface area contributed by atoms with Crippen molar-refractivity contribution in [3.63, 3.8) is 0 Å². The first-order valence-corrected chi connectivity index (χ1v) is 5.79. The van der Waals surface area contributed by atoms with Crippen molar-refractivity contribution < 1.29 is 9.53 Å². The SMILES string of the molecule is CCOC(C)(C)CNc1ncc(N)cc1C(N)=O. The van der Waals surface area contributed by atoms with E-state index in [0.717, 1.165) is 0 Å². The predicted molar refractivity (Wildman–Crippen MR) is 71.4 cm³/mol. The van der Waals surface area contributed by atoms with Gasteiger partial charge in [-0.3, -0.25) is 4.79 Å². The molecule has 0 bridgehead atoms. The standard InChI is InChI=1S/C12H20N4O2/c1-4-18-12(2,3)7-16-11-9(10(14)17)5-8(13)6-15-11/h5-6H,4,7,13H2,1-3H3,(H2,14,17)(H,15,16). The molecule has 1 rings (SSSR count). The Morgan fingerprint density at radius 2 is 2.22 bits per heavy atom. The maximum absolute atomic E-state index is 11.3. The van der Waals surface area contributed by atoms with Gasteiger partial charge in [0.2, 0.25) is 0 Å². The normalized spacial score (nSPS) is 11.3. The topological polar surface area (TPSA) is 103 Å². The van der Waals surface area contributed by atoms with Gasteiger partial charge in [0.1, 0.15) is 5.82 Å². The van der Waals surface area contributed by atoms with Crippen LogP contribution in [0.3, 0.4) is 0 Å². The Morgan fingerprint density at radius 1 is 1.56 bits per heavy atom. The third kappa shape index (κ3) is 3.89. The zero-order valence-corrected chi connectivity index (χ0v) is 11.0. The number of primary amides is 1. The highest BCUT2D eigenvalue weighted by Gasteiger charge is 2.19. The lowest BCUT2D eigenvalue weighted by Gasteiger charge is -2.25. The smallest absolute Gasteiger partial charge is 0.252 e. The summed E-state index contributed by atoms with van der Waals surface area (Å²) in [5.41, 5.74) is 11.2. The quantitative estimate of drug-likeness (QED) is 0.700. The fourth-order valence-corrected chi connectivity index (χ4v) is 1.55. The van der Waals surface area contributed by atoms with Crippen LogP contribution in [-0.4, -0.2) is 29.6 Å². The number of nitrogen functional groups attached to an aromatic ring is 1. The van der Waals surface area contributed by atoms with Crippen molar-refractivity contribution >= 4 is 17.4 Å². The number of aromatic nitrogens is 1. The Kier molecular flexibility index (Phi) is 4.49. The fraction of sp³-hybridized carbons (Fsp3) is 0.500. The number of ether oxygens (including phenoxy) is 1. The molecule has 0 fully saturated rings. The maximum Gasteiger partial charge on any atom is 0.252 e. The average molecular weight is 252 g/mol. The van der Waals surface area contributed by atoms with Crippen molar-refractivity contribution in [1.82, 2.24) is 4.98 Å². The lowest BCUT2D eigenvalue weighted by atomic mass is 10.1. The largest absolute Gasteiger partial charge is 0.397 e. The van der Waals surface area contributed by atoms with E-state index in [1.54, 1.807) is 0 Å². The summed E-state index contributed by atoms with van der Waals surface area (Å²) in [5.74, 6) is -0.143. The van der Waals surface area contributed by atoms with Gasteiger partial charge >= 0.3 is 0 Å². The molecule has 1 heterocycles. The number of nitrogens with zero attached hydrogens (tertiary/aromatic N) is 1. The van der Waals surface area contributed by atoms with Crippen molar-refractivity contribution in [3.8, 4) is 0 Å². The minimum Gasteiger partial charge on any atom is -0.397 e. The van der Waals surface area contributed by atoms with E-state index in [-0.39, 0.29) is 11.2 Å². The molecule has 5 N–H and O–H groups in total. The molecule has 18 heavy (non-hydrogen) atoms. The number of carbonyl (C=O) groups is 1. The Bertz CT molecular complexity index is 432. The second kappa shape index (κ2) is 5.68. The molecule has 1 aromatic heterocycles. The highest BCUT2D eigenvalue weighted by atomic mass is 16.5. The maximum atomic E-state index is 11.3. The number of nitrogens with one attached hydrogen (secondary N) is 1. The molecule has 1 aromatic rings. The number of carbonyl (C=O) groups excluding carboxylic acids is 1. The van der Waals surface area contributed by atoms with Gasteiger partial charge < -0.3 is 21.5 Å². The van der Waals surface area contributed by atoms with Crippen LogP contribution in [-0.2, 0) is 4.74 Å². The van der Waals surface area contributed by atoms with E-state index >= 15 is 0 Å². The summed E-state index contributed by atoms with van der Waals surface area (Å²) >= 11 is 0. The van der Waals surface area contributed by atoms with E-state index in [1.165, 1.54) is 12.3 Å². The van der Waals surface area contributed by atoms with Crippen LogP contribution in [0.2, 0.25) is 0 Å². The number of rotatable bonds is 6. The minimum absolute atomic E-state index is 0.280. The van der Waals surface area contributed by atoms with E-state index in [9.17, 15) is 4.79 Å². The fourth-order valence-electron chi connectivity index (χ4n) is 1.55. The molecule has 0 radical (unpaired) electrons. The van der Waals surface area contributed by atoms with Crippen LogP contribution in [0.4, 0.5) is 11.5 Å². The number of pyridine rings is 1. The van der Waals surface area contributed by atoms with Crippen LogP contribution in [0.1, 0.15) is 31.1 Å². The van der Waals surface area contributed by atoms with E-state index in [2.05, 4.69) is 10.3 Å². The predicted octanol–water partition coefficient (Wildman–Crippen LogP) is 0.990. The van der Waals surface area contributed by atoms with Crippen LogP contribution in [0.5, 0.6) is 0 Å². The first-order chi connectivity index (χ1) is 8.35. The van der Waals surface area contributed by atoms with E-state index < -0.39 is 5.91 Å².